The summed E-state index contributed by atoms with van der Waals surface area (Å²) in [5.41, 5.74) is 5.81. The van der Waals surface area contributed by atoms with E-state index in [1.165, 1.54) is 6.26 Å². The highest BCUT2D eigenvalue weighted by Gasteiger charge is 2.09. The van der Waals surface area contributed by atoms with Gasteiger partial charge in [-0.05, 0) is 19.4 Å². The molecule has 0 spiro atoms. The molecule has 108 valence electrons. The molecular formula is C12H19ClN2O4. The largest absolute Gasteiger partial charge is 0.467 e. The number of nitrogens with two attached hydrogens (primary N) is 1. The van der Waals surface area contributed by atoms with Gasteiger partial charge >= 0.3 is 5.97 Å². The van der Waals surface area contributed by atoms with Gasteiger partial charge in [-0.25, -0.2) is 0 Å². The first-order valence-corrected chi connectivity index (χ1v) is 5.88. The molecule has 0 radical (unpaired) electrons. The predicted octanol–water partition coefficient (Wildman–Crippen LogP) is 1.23. The first kappa shape index (κ1) is 17.5. The van der Waals surface area contributed by atoms with Gasteiger partial charge in [0.2, 0.25) is 0 Å². The summed E-state index contributed by atoms with van der Waals surface area (Å²) in [5, 5.41) is 2.69. The van der Waals surface area contributed by atoms with Gasteiger partial charge in [-0.1, -0.05) is 0 Å². The second-order valence-electron chi connectivity index (χ2n) is 3.67. The summed E-state index contributed by atoms with van der Waals surface area (Å²) < 4.78 is 9.82. The van der Waals surface area contributed by atoms with Crippen molar-refractivity contribution in [2.75, 3.05) is 13.2 Å². The maximum Gasteiger partial charge on any atom is 0.305 e. The minimum absolute atomic E-state index is 0. The number of carbonyl (C=O) groups excluding carboxylic acids is 2. The molecule has 1 rings (SSSR count). The van der Waals surface area contributed by atoms with Crippen LogP contribution in [0.4, 0.5) is 0 Å². The van der Waals surface area contributed by atoms with Crippen LogP contribution >= 0.6 is 12.4 Å². The van der Waals surface area contributed by atoms with Crippen LogP contribution in [-0.4, -0.2) is 25.0 Å². The van der Waals surface area contributed by atoms with Crippen LogP contribution in [0.5, 0.6) is 0 Å². The van der Waals surface area contributed by atoms with Crippen LogP contribution < -0.4 is 11.1 Å². The molecule has 1 aromatic heterocycles. The summed E-state index contributed by atoms with van der Waals surface area (Å²) in [6, 6.07) is 1.60. The molecule has 0 saturated heterocycles. The fourth-order valence-corrected chi connectivity index (χ4v) is 1.38. The van der Waals surface area contributed by atoms with E-state index in [1.54, 1.807) is 13.0 Å². The van der Waals surface area contributed by atoms with Crippen molar-refractivity contribution in [3.63, 3.8) is 0 Å². The van der Waals surface area contributed by atoms with Crippen molar-refractivity contribution in [1.29, 1.82) is 0 Å². The zero-order chi connectivity index (χ0) is 13.4. The van der Waals surface area contributed by atoms with Gasteiger partial charge in [0.05, 0.1) is 18.7 Å². The molecule has 7 heteroatoms. The van der Waals surface area contributed by atoms with Crippen LogP contribution in [0.1, 0.15) is 35.9 Å². The average Bonchev–Trinajstić information content (AvgIpc) is 2.83. The van der Waals surface area contributed by atoms with Gasteiger partial charge < -0.3 is 20.2 Å². The molecule has 0 aliphatic rings. The Hall–Kier alpha value is -1.53. The van der Waals surface area contributed by atoms with Gasteiger partial charge in [-0.3, -0.25) is 9.59 Å². The molecule has 0 aromatic carbocycles. The minimum Gasteiger partial charge on any atom is -0.467 e. The van der Waals surface area contributed by atoms with E-state index >= 15 is 0 Å². The third-order valence-electron chi connectivity index (χ3n) is 2.27. The number of rotatable bonds is 7. The maximum absolute atomic E-state index is 11.6. The van der Waals surface area contributed by atoms with Crippen LogP contribution in [-0.2, 0) is 16.1 Å². The van der Waals surface area contributed by atoms with E-state index in [0.29, 0.717) is 37.3 Å². The number of hydrogen-bond donors (Lipinski definition) is 2. The lowest BCUT2D eigenvalue weighted by atomic mass is 10.2. The number of furan rings is 1. The van der Waals surface area contributed by atoms with Crippen molar-refractivity contribution in [1.82, 2.24) is 5.32 Å². The summed E-state index contributed by atoms with van der Waals surface area (Å²) in [7, 11) is 0. The van der Waals surface area contributed by atoms with Gasteiger partial charge in [0.15, 0.2) is 0 Å². The molecule has 0 saturated carbocycles. The fraction of sp³-hybridized carbons (Fsp3) is 0.500. The SMILES string of the molecule is CCOC(=O)CCCNC(=O)c1coc(CN)c1.Cl. The Balaban J connectivity index is 0.00000324. The molecule has 1 aromatic rings. The summed E-state index contributed by atoms with van der Waals surface area (Å²) >= 11 is 0. The van der Waals surface area contributed by atoms with Gasteiger partial charge in [0.25, 0.3) is 5.91 Å². The van der Waals surface area contributed by atoms with E-state index in [0.717, 1.165) is 0 Å². The molecule has 3 N–H and O–H groups in total. The number of amides is 1. The van der Waals surface area contributed by atoms with E-state index in [4.69, 9.17) is 14.9 Å². The van der Waals surface area contributed by atoms with Crippen molar-refractivity contribution in [3.05, 3.63) is 23.7 Å². The smallest absolute Gasteiger partial charge is 0.305 e. The van der Waals surface area contributed by atoms with E-state index in [1.807, 2.05) is 0 Å². The highest BCUT2D eigenvalue weighted by molar-refractivity contribution is 5.93. The highest BCUT2D eigenvalue weighted by atomic mass is 35.5. The van der Waals surface area contributed by atoms with Crippen LogP contribution in [0.3, 0.4) is 0 Å². The maximum atomic E-state index is 11.6. The van der Waals surface area contributed by atoms with Crippen molar-refractivity contribution in [3.8, 4) is 0 Å². The Morgan fingerprint density at radius 1 is 1.47 bits per heavy atom. The third-order valence-corrected chi connectivity index (χ3v) is 2.27. The van der Waals surface area contributed by atoms with Crippen LogP contribution in [0.2, 0.25) is 0 Å². The first-order chi connectivity index (χ1) is 8.67. The molecule has 1 heterocycles. The number of halogens is 1. The first-order valence-electron chi connectivity index (χ1n) is 5.88. The van der Waals surface area contributed by atoms with Gasteiger partial charge in [-0.2, -0.15) is 0 Å². The fourth-order valence-electron chi connectivity index (χ4n) is 1.38. The molecule has 0 aliphatic carbocycles. The summed E-state index contributed by atoms with van der Waals surface area (Å²) in [6.45, 7) is 2.81. The topological polar surface area (TPSA) is 94.6 Å². The quantitative estimate of drug-likeness (QED) is 0.582. The average molecular weight is 291 g/mol. The molecule has 0 atom stereocenters. The molecular weight excluding hydrogens is 272 g/mol. The second-order valence-corrected chi connectivity index (χ2v) is 3.67. The Morgan fingerprint density at radius 3 is 2.79 bits per heavy atom. The third kappa shape index (κ3) is 6.26. The molecule has 0 aliphatic heterocycles. The number of carbonyl (C=O) groups is 2. The van der Waals surface area contributed by atoms with Gasteiger partial charge in [0, 0.05) is 13.0 Å². The monoisotopic (exact) mass is 290 g/mol. The van der Waals surface area contributed by atoms with Crippen molar-refractivity contribution >= 4 is 24.3 Å². The molecule has 6 nitrogen and oxygen atoms in total. The second kappa shape index (κ2) is 9.41. The zero-order valence-corrected chi connectivity index (χ0v) is 11.6. The molecule has 0 unspecified atom stereocenters. The molecule has 0 fully saturated rings. The molecule has 0 bridgehead atoms. The lowest BCUT2D eigenvalue weighted by Crippen LogP contribution is -2.24. The van der Waals surface area contributed by atoms with E-state index in [2.05, 4.69) is 5.32 Å². The van der Waals surface area contributed by atoms with Crippen molar-refractivity contribution in [2.45, 2.75) is 26.3 Å². The summed E-state index contributed by atoms with van der Waals surface area (Å²) in [5.74, 6) is 0.0782. The Kier molecular flexibility index (Phi) is 8.65. The predicted molar refractivity (Wildman–Crippen MR) is 72.0 cm³/mol. The highest BCUT2D eigenvalue weighted by Crippen LogP contribution is 2.06. The number of nitrogens with one attached hydrogen (secondary N) is 1. The lowest BCUT2D eigenvalue weighted by Gasteiger charge is -2.03. The van der Waals surface area contributed by atoms with Gasteiger partial charge in [-0.15, -0.1) is 12.4 Å². The van der Waals surface area contributed by atoms with Crippen LogP contribution in [0, 0.1) is 0 Å². The van der Waals surface area contributed by atoms with Crippen molar-refractivity contribution < 1.29 is 18.7 Å². The van der Waals surface area contributed by atoms with E-state index in [9.17, 15) is 9.59 Å². The number of esters is 1. The van der Waals surface area contributed by atoms with E-state index < -0.39 is 0 Å². The Morgan fingerprint density at radius 2 is 2.21 bits per heavy atom. The van der Waals surface area contributed by atoms with Crippen LogP contribution in [0.25, 0.3) is 0 Å². The lowest BCUT2D eigenvalue weighted by molar-refractivity contribution is -0.143. The van der Waals surface area contributed by atoms with Gasteiger partial charge in [0.1, 0.15) is 12.0 Å². The summed E-state index contributed by atoms with van der Waals surface area (Å²) in [6.07, 6.45) is 2.21. The van der Waals surface area contributed by atoms with E-state index in [-0.39, 0.29) is 30.8 Å². The number of hydrogen-bond acceptors (Lipinski definition) is 5. The number of ether oxygens (including phenoxy) is 1. The van der Waals surface area contributed by atoms with Crippen molar-refractivity contribution in [2.24, 2.45) is 5.73 Å². The zero-order valence-electron chi connectivity index (χ0n) is 10.8. The molecule has 19 heavy (non-hydrogen) atoms. The minimum atomic E-state index is -0.250. The molecule has 1 amide bonds. The normalized spacial score (nSPS) is 9.58. The summed E-state index contributed by atoms with van der Waals surface area (Å²) in [4.78, 5) is 22.7. The standard InChI is InChI=1S/C12H18N2O4.ClH/c1-2-17-11(15)4-3-5-14-12(16)9-6-10(7-13)18-8-9;/h6,8H,2-5,7,13H2,1H3,(H,14,16);1H. The van der Waals surface area contributed by atoms with Crippen LogP contribution in [0.15, 0.2) is 16.7 Å². The Bertz CT molecular complexity index is 406. The Labute approximate surface area is 118 Å².